The third kappa shape index (κ3) is 2.02. The summed E-state index contributed by atoms with van der Waals surface area (Å²) in [5.41, 5.74) is 2.18. The molecule has 2 N–H and O–H groups in total. The summed E-state index contributed by atoms with van der Waals surface area (Å²) >= 11 is 0. The van der Waals surface area contributed by atoms with E-state index >= 15 is 0 Å². The Kier molecular flexibility index (Phi) is 3.30. The first-order valence-electron chi connectivity index (χ1n) is 6.67. The van der Waals surface area contributed by atoms with E-state index in [-0.39, 0.29) is 6.61 Å². The van der Waals surface area contributed by atoms with Crippen LogP contribution in [0.1, 0.15) is 24.6 Å². The second kappa shape index (κ2) is 5.08. The predicted molar refractivity (Wildman–Crippen MR) is 71.7 cm³/mol. The quantitative estimate of drug-likeness (QED) is 0.861. The Morgan fingerprint density at radius 3 is 2.83 bits per heavy atom. The third-order valence-corrected chi connectivity index (χ3v) is 3.71. The van der Waals surface area contributed by atoms with Gasteiger partial charge < -0.3 is 15.0 Å². The smallest absolute Gasteiger partial charge is 0.113 e. The number of hydrogen-bond donors (Lipinski definition) is 2. The molecule has 3 rings (SSSR count). The van der Waals surface area contributed by atoms with Crippen LogP contribution in [0, 0.1) is 0 Å². The molecular weight excluding hydrogens is 226 g/mol. The molecule has 1 fully saturated rings. The van der Waals surface area contributed by atoms with Crippen LogP contribution >= 0.6 is 0 Å². The summed E-state index contributed by atoms with van der Waals surface area (Å²) in [6.07, 6.45) is 2.27. The minimum absolute atomic E-state index is 0.165. The lowest BCUT2D eigenvalue weighted by atomic mass is 9.97. The van der Waals surface area contributed by atoms with Gasteiger partial charge in [0.1, 0.15) is 5.82 Å². The Morgan fingerprint density at radius 2 is 2.06 bits per heavy atom. The Balaban J connectivity index is 2.05. The molecule has 1 saturated heterocycles. The molecule has 0 atom stereocenters. The second-order valence-electron chi connectivity index (χ2n) is 4.86. The number of hydrogen-bond acceptors (Lipinski definition) is 3. The normalized spacial score (nSPS) is 17.4. The summed E-state index contributed by atoms with van der Waals surface area (Å²) < 4.78 is 2.19. The summed E-state index contributed by atoms with van der Waals surface area (Å²) in [6.45, 7) is 2.93. The number of aromatic nitrogens is 2. The number of rotatable bonds is 3. The van der Waals surface area contributed by atoms with E-state index in [4.69, 9.17) is 4.98 Å². The number of piperidine rings is 1. The van der Waals surface area contributed by atoms with E-state index in [1.807, 2.05) is 18.2 Å². The van der Waals surface area contributed by atoms with Crippen molar-refractivity contribution in [3.05, 3.63) is 30.1 Å². The van der Waals surface area contributed by atoms with E-state index in [0.29, 0.717) is 12.5 Å². The first kappa shape index (κ1) is 11.7. The third-order valence-electron chi connectivity index (χ3n) is 3.71. The van der Waals surface area contributed by atoms with Gasteiger partial charge in [0, 0.05) is 12.5 Å². The minimum atomic E-state index is 0.165. The number of nitrogens with zero attached hydrogens (tertiary/aromatic N) is 2. The maximum atomic E-state index is 9.26. The van der Waals surface area contributed by atoms with Crippen molar-refractivity contribution in [1.29, 1.82) is 0 Å². The van der Waals surface area contributed by atoms with Gasteiger partial charge in [0.25, 0.3) is 0 Å². The molecule has 18 heavy (non-hydrogen) atoms. The van der Waals surface area contributed by atoms with Crippen LogP contribution in [0.4, 0.5) is 0 Å². The predicted octanol–water partition coefficient (Wildman–Crippen LogP) is 1.50. The Morgan fingerprint density at radius 1 is 1.28 bits per heavy atom. The number of benzene rings is 1. The van der Waals surface area contributed by atoms with Crippen LogP contribution in [-0.2, 0) is 6.54 Å². The molecular formula is C14H19N3O. The Hall–Kier alpha value is -1.39. The SMILES string of the molecule is OCCn1c(C2CCNCC2)nc2ccccc21. The molecule has 1 aliphatic heterocycles. The standard InChI is InChI=1S/C14H19N3O/c18-10-9-17-13-4-2-1-3-12(13)16-14(17)11-5-7-15-8-6-11/h1-4,11,15,18H,5-10H2. The number of nitrogens with one attached hydrogen (secondary N) is 1. The maximum Gasteiger partial charge on any atom is 0.113 e. The number of fused-ring (bicyclic) bond motifs is 1. The van der Waals surface area contributed by atoms with E-state index in [1.54, 1.807) is 0 Å². The number of imidazole rings is 1. The topological polar surface area (TPSA) is 50.1 Å². The molecule has 1 aromatic carbocycles. The van der Waals surface area contributed by atoms with Crippen molar-refractivity contribution in [3.8, 4) is 0 Å². The van der Waals surface area contributed by atoms with Crippen molar-refractivity contribution in [1.82, 2.24) is 14.9 Å². The van der Waals surface area contributed by atoms with E-state index in [9.17, 15) is 5.11 Å². The monoisotopic (exact) mass is 245 g/mol. The number of aliphatic hydroxyl groups excluding tert-OH is 1. The molecule has 1 aromatic heterocycles. The van der Waals surface area contributed by atoms with Crippen molar-refractivity contribution in [3.63, 3.8) is 0 Å². The summed E-state index contributed by atoms with van der Waals surface area (Å²) in [4.78, 5) is 4.78. The largest absolute Gasteiger partial charge is 0.395 e. The van der Waals surface area contributed by atoms with E-state index in [0.717, 1.165) is 42.8 Å². The van der Waals surface area contributed by atoms with E-state index < -0.39 is 0 Å². The summed E-state index contributed by atoms with van der Waals surface area (Å²) in [6, 6.07) is 8.19. The van der Waals surface area contributed by atoms with Gasteiger partial charge in [-0.15, -0.1) is 0 Å². The van der Waals surface area contributed by atoms with Crippen molar-refractivity contribution < 1.29 is 5.11 Å². The molecule has 2 aromatic rings. The van der Waals surface area contributed by atoms with Crippen LogP contribution in [0.5, 0.6) is 0 Å². The number of aliphatic hydroxyl groups is 1. The molecule has 0 amide bonds. The molecule has 96 valence electrons. The fraction of sp³-hybridized carbons (Fsp3) is 0.500. The van der Waals surface area contributed by atoms with Gasteiger partial charge in [0.2, 0.25) is 0 Å². The first-order valence-corrected chi connectivity index (χ1v) is 6.67. The number of para-hydroxylation sites is 2. The average Bonchev–Trinajstić information content (AvgIpc) is 2.80. The van der Waals surface area contributed by atoms with Gasteiger partial charge in [-0.25, -0.2) is 4.98 Å². The zero-order valence-corrected chi connectivity index (χ0v) is 10.5. The molecule has 2 heterocycles. The minimum Gasteiger partial charge on any atom is -0.395 e. The van der Waals surface area contributed by atoms with Crippen LogP contribution in [0.3, 0.4) is 0 Å². The van der Waals surface area contributed by atoms with Crippen molar-refractivity contribution >= 4 is 11.0 Å². The zero-order chi connectivity index (χ0) is 12.4. The lowest BCUT2D eigenvalue weighted by molar-refractivity contribution is 0.273. The summed E-state index contributed by atoms with van der Waals surface area (Å²) in [5.74, 6) is 1.66. The van der Waals surface area contributed by atoms with Gasteiger partial charge in [-0.1, -0.05) is 12.1 Å². The van der Waals surface area contributed by atoms with Crippen molar-refractivity contribution in [2.24, 2.45) is 0 Å². The lowest BCUT2D eigenvalue weighted by Gasteiger charge is -2.23. The van der Waals surface area contributed by atoms with Gasteiger partial charge in [-0.05, 0) is 38.1 Å². The lowest BCUT2D eigenvalue weighted by Crippen LogP contribution is -2.28. The Labute approximate surface area is 107 Å². The maximum absolute atomic E-state index is 9.26. The van der Waals surface area contributed by atoms with Crippen LogP contribution in [-0.4, -0.2) is 34.4 Å². The Bertz CT molecular complexity index is 529. The summed E-state index contributed by atoms with van der Waals surface area (Å²) in [7, 11) is 0. The zero-order valence-electron chi connectivity index (χ0n) is 10.5. The van der Waals surface area contributed by atoms with Crippen LogP contribution in [0.2, 0.25) is 0 Å². The van der Waals surface area contributed by atoms with Gasteiger partial charge in [-0.3, -0.25) is 0 Å². The van der Waals surface area contributed by atoms with Crippen LogP contribution in [0.25, 0.3) is 11.0 Å². The van der Waals surface area contributed by atoms with Gasteiger partial charge in [0.05, 0.1) is 17.6 Å². The molecule has 4 nitrogen and oxygen atoms in total. The molecule has 0 spiro atoms. The average molecular weight is 245 g/mol. The molecule has 0 aliphatic carbocycles. The van der Waals surface area contributed by atoms with Crippen molar-refractivity contribution in [2.75, 3.05) is 19.7 Å². The van der Waals surface area contributed by atoms with Crippen LogP contribution in [0.15, 0.2) is 24.3 Å². The highest BCUT2D eigenvalue weighted by molar-refractivity contribution is 5.76. The van der Waals surface area contributed by atoms with Crippen molar-refractivity contribution in [2.45, 2.75) is 25.3 Å². The second-order valence-corrected chi connectivity index (χ2v) is 4.86. The molecule has 0 unspecified atom stereocenters. The highest BCUT2D eigenvalue weighted by Crippen LogP contribution is 2.27. The molecule has 4 heteroatoms. The van der Waals surface area contributed by atoms with Gasteiger partial charge >= 0.3 is 0 Å². The summed E-state index contributed by atoms with van der Waals surface area (Å²) in [5, 5.41) is 12.6. The molecule has 0 saturated carbocycles. The first-order chi connectivity index (χ1) is 8.90. The molecule has 1 aliphatic rings. The molecule has 0 radical (unpaired) electrons. The van der Waals surface area contributed by atoms with Gasteiger partial charge in [-0.2, -0.15) is 0 Å². The van der Waals surface area contributed by atoms with E-state index in [2.05, 4.69) is 16.0 Å². The van der Waals surface area contributed by atoms with Gasteiger partial charge in [0.15, 0.2) is 0 Å². The molecule has 0 bridgehead atoms. The fourth-order valence-electron chi connectivity index (χ4n) is 2.82. The highest BCUT2D eigenvalue weighted by atomic mass is 16.3. The van der Waals surface area contributed by atoms with E-state index in [1.165, 1.54) is 0 Å². The highest BCUT2D eigenvalue weighted by Gasteiger charge is 2.21. The van der Waals surface area contributed by atoms with Crippen LogP contribution < -0.4 is 5.32 Å². The fourth-order valence-corrected chi connectivity index (χ4v) is 2.82.